The second-order valence-electron chi connectivity index (χ2n) is 9.90. The maximum atomic E-state index is 14.4. The van der Waals surface area contributed by atoms with Gasteiger partial charge in [0.05, 0.1) is 12.1 Å². The zero-order chi connectivity index (χ0) is 24.9. The molecule has 0 aromatic heterocycles. The maximum absolute atomic E-state index is 14.4. The summed E-state index contributed by atoms with van der Waals surface area (Å²) in [4.78, 5) is 24.4. The Hall–Kier alpha value is -2.93. The third kappa shape index (κ3) is 5.09. The zero-order valence-corrected chi connectivity index (χ0v) is 18.8. The molecule has 1 spiro atoms. The van der Waals surface area contributed by atoms with Crippen LogP contribution in [0.25, 0.3) is 5.57 Å². The van der Waals surface area contributed by atoms with Crippen LogP contribution in [0.4, 0.5) is 17.6 Å². The van der Waals surface area contributed by atoms with Crippen LogP contribution in [0.15, 0.2) is 30.3 Å². The van der Waals surface area contributed by atoms with Crippen molar-refractivity contribution in [3.8, 4) is 6.07 Å². The fourth-order valence-electron chi connectivity index (χ4n) is 4.22. The lowest BCUT2D eigenvalue weighted by Gasteiger charge is -2.30. The molecule has 0 bridgehead atoms. The lowest BCUT2D eigenvalue weighted by atomic mass is 9.95. The van der Waals surface area contributed by atoms with Crippen LogP contribution in [0.1, 0.15) is 63.1 Å². The summed E-state index contributed by atoms with van der Waals surface area (Å²) in [5.74, 6) is -1.32. The Bertz CT molecular complexity index is 1060. The van der Waals surface area contributed by atoms with E-state index in [1.54, 1.807) is 0 Å². The molecular weight excluding hydrogens is 454 g/mol. The lowest BCUT2D eigenvalue weighted by molar-refractivity contribution is -0.161. The molecule has 2 aliphatic carbocycles. The molecule has 1 amide bonds. The second-order valence-corrected chi connectivity index (χ2v) is 9.90. The highest BCUT2D eigenvalue weighted by atomic mass is 19.4. The summed E-state index contributed by atoms with van der Waals surface area (Å²) in [6.45, 7) is 2.35. The number of esters is 1. The number of nitrogens with one attached hydrogen (secondary N) is 2. The Labute approximate surface area is 194 Å². The van der Waals surface area contributed by atoms with Crippen molar-refractivity contribution < 1.29 is 31.9 Å². The SMILES string of the molecule is CC(C)(F)C[C@H](N[C@@H](c1ccc(C2=CC(=O)OC23CC3)cc1)C(F)(F)F)C(=O)NC1(C#N)CC1. The Kier molecular flexibility index (Phi) is 5.75. The van der Waals surface area contributed by atoms with Crippen molar-refractivity contribution in [2.45, 2.75) is 81.0 Å². The van der Waals surface area contributed by atoms with E-state index in [1.165, 1.54) is 44.2 Å². The van der Waals surface area contributed by atoms with E-state index in [2.05, 4.69) is 10.6 Å². The highest BCUT2D eigenvalue weighted by molar-refractivity contribution is 6.00. The molecule has 0 radical (unpaired) electrons. The number of hydrogen-bond donors (Lipinski definition) is 2. The largest absolute Gasteiger partial charge is 0.451 e. The Balaban J connectivity index is 1.58. The molecule has 2 N–H and O–H groups in total. The van der Waals surface area contributed by atoms with E-state index in [-0.39, 0.29) is 5.56 Å². The van der Waals surface area contributed by atoms with Gasteiger partial charge in [-0.2, -0.15) is 18.4 Å². The molecule has 1 heterocycles. The van der Waals surface area contributed by atoms with Gasteiger partial charge >= 0.3 is 12.1 Å². The summed E-state index contributed by atoms with van der Waals surface area (Å²) in [5.41, 5.74) is -2.64. The van der Waals surface area contributed by atoms with Gasteiger partial charge in [-0.1, -0.05) is 24.3 Å². The van der Waals surface area contributed by atoms with E-state index in [9.17, 15) is 32.4 Å². The van der Waals surface area contributed by atoms with Crippen molar-refractivity contribution in [3.05, 3.63) is 41.5 Å². The predicted octanol–water partition coefficient (Wildman–Crippen LogP) is 4.03. The molecule has 4 rings (SSSR count). The van der Waals surface area contributed by atoms with Crippen molar-refractivity contribution >= 4 is 17.4 Å². The normalized spacial score (nSPS) is 21.8. The van der Waals surface area contributed by atoms with E-state index in [4.69, 9.17) is 4.74 Å². The van der Waals surface area contributed by atoms with Crippen LogP contribution >= 0.6 is 0 Å². The van der Waals surface area contributed by atoms with Crippen molar-refractivity contribution in [1.29, 1.82) is 5.26 Å². The number of hydrogen-bond acceptors (Lipinski definition) is 5. The number of nitriles is 1. The van der Waals surface area contributed by atoms with Gasteiger partial charge in [0.15, 0.2) is 0 Å². The lowest BCUT2D eigenvalue weighted by Crippen LogP contribution is -2.53. The minimum absolute atomic E-state index is 0.164. The number of halogens is 4. The van der Waals surface area contributed by atoms with Crippen LogP contribution < -0.4 is 10.6 Å². The Morgan fingerprint density at radius 1 is 1.15 bits per heavy atom. The fourth-order valence-corrected chi connectivity index (χ4v) is 4.22. The van der Waals surface area contributed by atoms with Crippen LogP contribution in [0, 0.1) is 11.3 Å². The number of carbonyl (C=O) groups excluding carboxylic acids is 2. The highest BCUT2D eigenvalue weighted by Gasteiger charge is 2.54. The van der Waals surface area contributed by atoms with Gasteiger partial charge in [0.2, 0.25) is 5.91 Å². The van der Waals surface area contributed by atoms with Gasteiger partial charge in [-0.25, -0.2) is 9.18 Å². The van der Waals surface area contributed by atoms with Crippen molar-refractivity contribution in [2.24, 2.45) is 0 Å². The molecule has 1 aromatic rings. The third-order valence-corrected chi connectivity index (χ3v) is 6.34. The van der Waals surface area contributed by atoms with Gasteiger partial charge in [-0.05, 0) is 50.7 Å². The van der Waals surface area contributed by atoms with Crippen LogP contribution in [0.3, 0.4) is 0 Å². The van der Waals surface area contributed by atoms with Crippen LogP contribution in [-0.2, 0) is 14.3 Å². The minimum Gasteiger partial charge on any atom is -0.451 e. The van der Waals surface area contributed by atoms with E-state index in [1.807, 2.05) is 6.07 Å². The van der Waals surface area contributed by atoms with Gasteiger partial charge < -0.3 is 10.1 Å². The first-order valence-electron chi connectivity index (χ1n) is 11.1. The molecule has 1 aromatic carbocycles. The molecule has 0 unspecified atom stereocenters. The predicted molar refractivity (Wildman–Crippen MR) is 114 cm³/mol. The smallest absolute Gasteiger partial charge is 0.407 e. The van der Waals surface area contributed by atoms with Gasteiger partial charge in [0.25, 0.3) is 0 Å². The Morgan fingerprint density at radius 3 is 2.24 bits per heavy atom. The molecule has 6 nitrogen and oxygen atoms in total. The average Bonchev–Trinajstić information content (AvgIpc) is 3.64. The summed E-state index contributed by atoms with van der Waals surface area (Å²) >= 11 is 0. The standard InChI is InChI=1S/C24H25F4N3O3/c1-21(2,25)12-17(20(33)31-22(13-29)7-8-22)30-19(24(26,27)28)15-5-3-14(4-6-15)16-11-18(32)34-23(16)9-10-23/h3-6,11,17,19,30H,7-10,12H2,1-2H3,(H,31,33)/t17-,19-/m0/s1. The minimum atomic E-state index is -4.78. The molecular formula is C24H25F4N3O3. The molecule has 10 heteroatoms. The van der Waals surface area contributed by atoms with Crippen molar-refractivity contribution in [1.82, 2.24) is 10.6 Å². The van der Waals surface area contributed by atoms with Crippen molar-refractivity contribution in [3.63, 3.8) is 0 Å². The molecule has 182 valence electrons. The first-order valence-corrected chi connectivity index (χ1v) is 11.1. The van der Waals surface area contributed by atoms with Gasteiger partial charge in [0.1, 0.15) is 22.9 Å². The molecule has 34 heavy (non-hydrogen) atoms. The quantitative estimate of drug-likeness (QED) is 0.434. The Morgan fingerprint density at radius 2 is 1.76 bits per heavy atom. The number of benzene rings is 1. The van der Waals surface area contributed by atoms with Crippen LogP contribution in [0.2, 0.25) is 0 Å². The molecule has 2 fully saturated rings. The molecule has 3 aliphatic rings. The average molecular weight is 479 g/mol. The van der Waals surface area contributed by atoms with E-state index < -0.39 is 53.4 Å². The number of amides is 1. The van der Waals surface area contributed by atoms with Gasteiger partial charge in [-0.15, -0.1) is 0 Å². The third-order valence-electron chi connectivity index (χ3n) is 6.34. The highest BCUT2D eigenvalue weighted by Crippen LogP contribution is 2.53. The molecule has 2 atom stereocenters. The number of ether oxygens (including phenoxy) is 1. The number of carbonyl (C=O) groups is 2. The monoisotopic (exact) mass is 479 g/mol. The maximum Gasteiger partial charge on any atom is 0.407 e. The number of rotatable bonds is 8. The van der Waals surface area contributed by atoms with Gasteiger partial charge in [-0.3, -0.25) is 10.1 Å². The van der Waals surface area contributed by atoms with Crippen LogP contribution in [0.5, 0.6) is 0 Å². The molecule has 1 aliphatic heterocycles. The fraction of sp³-hybridized carbons (Fsp3) is 0.542. The summed E-state index contributed by atoms with van der Waals surface area (Å²) in [6, 6.07) is 3.68. The summed E-state index contributed by atoms with van der Waals surface area (Å²) in [5, 5.41) is 14.0. The summed E-state index contributed by atoms with van der Waals surface area (Å²) in [7, 11) is 0. The topological polar surface area (TPSA) is 91.2 Å². The first kappa shape index (κ1) is 24.2. The summed E-state index contributed by atoms with van der Waals surface area (Å²) in [6.07, 6.45) is -1.81. The van der Waals surface area contributed by atoms with Crippen LogP contribution in [-0.4, -0.2) is 40.9 Å². The summed E-state index contributed by atoms with van der Waals surface area (Å²) < 4.78 is 61.9. The number of alkyl halides is 4. The zero-order valence-electron chi connectivity index (χ0n) is 18.8. The molecule has 2 saturated carbocycles. The second kappa shape index (κ2) is 8.08. The van der Waals surface area contributed by atoms with E-state index in [0.717, 1.165) is 0 Å². The van der Waals surface area contributed by atoms with Gasteiger partial charge in [0, 0.05) is 18.1 Å². The van der Waals surface area contributed by atoms with Crippen molar-refractivity contribution in [2.75, 3.05) is 0 Å². The van der Waals surface area contributed by atoms with E-state index in [0.29, 0.717) is 36.8 Å². The first-order chi connectivity index (χ1) is 15.8. The molecule has 0 saturated heterocycles. The van der Waals surface area contributed by atoms with E-state index >= 15 is 0 Å². The number of nitrogens with zero attached hydrogens (tertiary/aromatic N) is 1.